The van der Waals surface area contributed by atoms with Crippen LogP contribution in [0, 0.1) is 0 Å². The summed E-state index contributed by atoms with van der Waals surface area (Å²) in [4.78, 5) is 6.48. The fourth-order valence-corrected chi connectivity index (χ4v) is 1.64. The summed E-state index contributed by atoms with van der Waals surface area (Å²) in [6.07, 6.45) is 2.37. The van der Waals surface area contributed by atoms with E-state index < -0.39 is 0 Å². The predicted octanol–water partition coefficient (Wildman–Crippen LogP) is 0.328. The van der Waals surface area contributed by atoms with Crippen molar-refractivity contribution in [3.05, 3.63) is 18.2 Å². The molecule has 5 nitrogen and oxygen atoms in total. The normalized spacial score (nSPS) is 15.1. The van der Waals surface area contributed by atoms with Gasteiger partial charge >= 0.3 is 0 Å². The lowest BCUT2D eigenvalue weighted by atomic mass is 10.4. The summed E-state index contributed by atoms with van der Waals surface area (Å²) in [5.74, 6) is 6.83. The molecule has 1 heterocycles. The van der Waals surface area contributed by atoms with Gasteiger partial charge in [0.2, 0.25) is 0 Å². The van der Waals surface area contributed by atoms with Gasteiger partial charge in [-0.05, 0) is 25.0 Å². The SMILES string of the molecule is NNc1cccc(N(CCO)C2CC2)n1. The van der Waals surface area contributed by atoms with Crippen LogP contribution < -0.4 is 16.2 Å². The van der Waals surface area contributed by atoms with Crippen LogP contribution >= 0.6 is 0 Å². The molecule has 0 radical (unpaired) electrons. The number of anilines is 2. The van der Waals surface area contributed by atoms with E-state index in [1.165, 1.54) is 12.8 Å². The maximum absolute atomic E-state index is 8.99. The minimum absolute atomic E-state index is 0.151. The van der Waals surface area contributed by atoms with Crippen LogP contribution in [0.15, 0.2) is 18.2 Å². The summed E-state index contributed by atoms with van der Waals surface area (Å²) < 4.78 is 0. The number of hydrazine groups is 1. The third-order valence-corrected chi connectivity index (χ3v) is 2.51. The van der Waals surface area contributed by atoms with Crippen LogP contribution in [0.1, 0.15) is 12.8 Å². The standard InChI is InChI=1S/C10H16N4O/c11-13-9-2-1-3-10(12-9)14(6-7-15)8-4-5-8/h1-3,8,15H,4-7,11H2,(H,12,13). The van der Waals surface area contributed by atoms with Crippen molar-refractivity contribution in [1.29, 1.82) is 0 Å². The second kappa shape index (κ2) is 4.46. The van der Waals surface area contributed by atoms with E-state index in [2.05, 4.69) is 15.3 Å². The Morgan fingerprint density at radius 3 is 2.93 bits per heavy atom. The van der Waals surface area contributed by atoms with Crippen LogP contribution in [0.3, 0.4) is 0 Å². The Balaban J connectivity index is 2.16. The molecule has 1 saturated carbocycles. The number of aromatic nitrogens is 1. The molecule has 1 aliphatic carbocycles. The average molecular weight is 208 g/mol. The molecule has 0 aliphatic heterocycles. The Bertz CT molecular complexity index is 327. The van der Waals surface area contributed by atoms with Crippen molar-refractivity contribution in [2.75, 3.05) is 23.5 Å². The number of hydrogen-bond donors (Lipinski definition) is 3. The van der Waals surface area contributed by atoms with Gasteiger partial charge in [-0.25, -0.2) is 10.8 Å². The van der Waals surface area contributed by atoms with Gasteiger partial charge in [0, 0.05) is 12.6 Å². The van der Waals surface area contributed by atoms with Gasteiger partial charge < -0.3 is 15.4 Å². The Morgan fingerprint density at radius 1 is 1.53 bits per heavy atom. The lowest BCUT2D eigenvalue weighted by Crippen LogP contribution is -2.29. The first-order valence-electron chi connectivity index (χ1n) is 5.16. The van der Waals surface area contributed by atoms with Gasteiger partial charge in [-0.15, -0.1) is 0 Å². The zero-order valence-corrected chi connectivity index (χ0v) is 8.56. The smallest absolute Gasteiger partial charge is 0.142 e. The summed E-state index contributed by atoms with van der Waals surface area (Å²) in [7, 11) is 0. The molecule has 0 spiro atoms. The number of aliphatic hydroxyl groups excluding tert-OH is 1. The van der Waals surface area contributed by atoms with Crippen LogP contribution in [0.2, 0.25) is 0 Å². The molecule has 0 saturated heterocycles. The van der Waals surface area contributed by atoms with Crippen LogP contribution in [-0.4, -0.2) is 29.3 Å². The number of nitrogens with two attached hydrogens (primary N) is 1. The summed E-state index contributed by atoms with van der Waals surface area (Å²) in [6, 6.07) is 6.20. The van der Waals surface area contributed by atoms with Gasteiger partial charge in [0.1, 0.15) is 11.6 Å². The second-order valence-electron chi connectivity index (χ2n) is 3.67. The van der Waals surface area contributed by atoms with Crippen molar-refractivity contribution in [2.24, 2.45) is 5.84 Å². The molecule has 4 N–H and O–H groups in total. The van der Waals surface area contributed by atoms with E-state index in [0.717, 1.165) is 5.82 Å². The maximum atomic E-state index is 8.99. The molecule has 0 atom stereocenters. The average Bonchev–Trinajstić information content (AvgIpc) is 3.10. The highest BCUT2D eigenvalue weighted by Crippen LogP contribution is 2.30. The molecular weight excluding hydrogens is 192 g/mol. The maximum Gasteiger partial charge on any atom is 0.142 e. The van der Waals surface area contributed by atoms with E-state index in [1.807, 2.05) is 18.2 Å². The molecule has 1 aromatic heterocycles. The highest BCUT2D eigenvalue weighted by Gasteiger charge is 2.29. The molecule has 15 heavy (non-hydrogen) atoms. The molecule has 0 unspecified atom stereocenters. The van der Waals surface area contributed by atoms with Gasteiger partial charge in [-0.2, -0.15) is 0 Å². The Morgan fingerprint density at radius 2 is 2.33 bits per heavy atom. The summed E-state index contributed by atoms with van der Waals surface area (Å²) in [6.45, 7) is 0.782. The van der Waals surface area contributed by atoms with E-state index >= 15 is 0 Å². The second-order valence-corrected chi connectivity index (χ2v) is 3.67. The van der Waals surface area contributed by atoms with Crippen molar-refractivity contribution >= 4 is 11.6 Å². The third-order valence-electron chi connectivity index (χ3n) is 2.51. The molecule has 1 aliphatic rings. The fourth-order valence-electron chi connectivity index (χ4n) is 1.64. The third kappa shape index (κ3) is 2.37. The molecule has 82 valence electrons. The minimum atomic E-state index is 0.151. The highest BCUT2D eigenvalue weighted by atomic mass is 16.3. The molecule has 2 rings (SSSR count). The zero-order valence-electron chi connectivity index (χ0n) is 8.56. The van der Waals surface area contributed by atoms with Gasteiger partial charge in [0.05, 0.1) is 6.61 Å². The van der Waals surface area contributed by atoms with Crippen molar-refractivity contribution < 1.29 is 5.11 Å². The van der Waals surface area contributed by atoms with Crippen LogP contribution in [0.25, 0.3) is 0 Å². The van der Waals surface area contributed by atoms with Crippen molar-refractivity contribution in [3.63, 3.8) is 0 Å². The lowest BCUT2D eigenvalue weighted by molar-refractivity contribution is 0.301. The fraction of sp³-hybridized carbons (Fsp3) is 0.500. The van der Waals surface area contributed by atoms with Crippen LogP contribution in [0.4, 0.5) is 11.6 Å². The largest absolute Gasteiger partial charge is 0.395 e. The molecule has 0 bridgehead atoms. The Hall–Kier alpha value is -1.33. The van der Waals surface area contributed by atoms with Gasteiger partial charge in [-0.3, -0.25) is 0 Å². The molecule has 1 fully saturated rings. The van der Waals surface area contributed by atoms with E-state index in [4.69, 9.17) is 10.9 Å². The quantitative estimate of drug-likeness (QED) is 0.480. The van der Waals surface area contributed by atoms with Crippen molar-refractivity contribution in [3.8, 4) is 0 Å². The number of nitrogens with one attached hydrogen (secondary N) is 1. The number of aliphatic hydroxyl groups is 1. The predicted molar refractivity (Wildman–Crippen MR) is 59.5 cm³/mol. The number of hydrogen-bond acceptors (Lipinski definition) is 5. The molecule has 0 amide bonds. The monoisotopic (exact) mass is 208 g/mol. The Kier molecular flexibility index (Phi) is 3.03. The molecule has 0 aromatic carbocycles. The molecular formula is C10H16N4O. The highest BCUT2D eigenvalue weighted by molar-refractivity contribution is 5.48. The van der Waals surface area contributed by atoms with Gasteiger partial charge in [0.25, 0.3) is 0 Å². The topological polar surface area (TPSA) is 74.4 Å². The van der Waals surface area contributed by atoms with E-state index in [-0.39, 0.29) is 6.61 Å². The Labute approximate surface area is 88.9 Å². The summed E-state index contributed by atoms with van der Waals surface area (Å²) in [5, 5.41) is 8.99. The molecule has 5 heteroatoms. The van der Waals surface area contributed by atoms with Crippen LogP contribution in [-0.2, 0) is 0 Å². The number of nitrogens with zero attached hydrogens (tertiary/aromatic N) is 2. The number of pyridine rings is 1. The van der Waals surface area contributed by atoms with Crippen LogP contribution in [0.5, 0.6) is 0 Å². The first-order chi connectivity index (χ1) is 7.35. The first kappa shape index (κ1) is 10.2. The lowest BCUT2D eigenvalue weighted by Gasteiger charge is -2.22. The number of rotatable bonds is 5. The number of nitrogen functional groups attached to an aromatic ring is 1. The first-order valence-corrected chi connectivity index (χ1v) is 5.16. The summed E-state index contributed by atoms with van der Waals surface area (Å²) >= 11 is 0. The van der Waals surface area contributed by atoms with Gasteiger partial charge in [-0.1, -0.05) is 6.07 Å². The summed E-state index contributed by atoms with van der Waals surface area (Å²) in [5.41, 5.74) is 2.52. The van der Waals surface area contributed by atoms with Crippen molar-refractivity contribution in [2.45, 2.75) is 18.9 Å². The van der Waals surface area contributed by atoms with Gasteiger partial charge in [0.15, 0.2) is 0 Å². The van der Waals surface area contributed by atoms with E-state index in [9.17, 15) is 0 Å². The van der Waals surface area contributed by atoms with E-state index in [0.29, 0.717) is 18.4 Å². The van der Waals surface area contributed by atoms with Crippen molar-refractivity contribution in [1.82, 2.24) is 4.98 Å². The minimum Gasteiger partial charge on any atom is -0.395 e. The molecule has 1 aromatic rings. The zero-order chi connectivity index (χ0) is 10.7. The van der Waals surface area contributed by atoms with E-state index in [1.54, 1.807) is 0 Å².